The number of hydrogen-bond donors (Lipinski definition) is 0. The van der Waals surface area contributed by atoms with Gasteiger partial charge < -0.3 is 4.74 Å². The number of halogens is 4. The van der Waals surface area contributed by atoms with Crippen molar-refractivity contribution in [3.8, 4) is 0 Å². The first-order valence-corrected chi connectivity index (χ1v) is 5.44. The van der Waals surface area contributed by atoms with Crippen LogP contribution in [0.25, 0.3) is 0 Å². The van der Waals surface area contributed by atoms with E-state index in [2.05, 4.69) is 4.74 Å². The zero-order valence-electron chi connectivity index (χ0n) is 9.98. The molecule has 2 nitrogen and oxygen atoms in total. The average Bonchev–Trinajstić information content (AvgIpc) is 2.76. The summed E-state index contributed by atoms with van der Waals surface area (Å²) in [4.78, 5) is 11.4. The van der Waals surface area contributed by atoms with Crippen molar-refractivity contribution in [2.24, 2.45) is 17.3 Å². The third kappa shape index (κ3) is 2.44. The summed E-state index contributed by atoms with van der Waals surface area (Å²) in [6.45, 7) is 4.76. The van der Waals surface area contributed by atoms with Gasteiger partial charge in [-0.2, -0.15) is 13.2 Å². The molecule has 1 aliphatic carbocycles. The molecule has 0 saturated heterocycles. The van der Waals surface area contributed by atoms with Crippen LogP contribution in [-0.2, 0) is 9.53 Å². The van der Waals surface area contributed by atoms with E-state index >= 15 is 0 Å². The summed E-state index contributed by atoms with van der Waals surface area (Å²) in [6, 6.07) is 0. The Balaban J connectivity index is 3.01. The summed E-state index contributed by atoms with van der Waals surface area (Å²) in [5.41, 5.74) is -0.540. The predicted molar refractivity (Wildman–Crippen MR) is 57.4 cm³/mol. The maximum Gasteiger partial charge on any atom is 0.426 e. The normalized spacial score (nSPS) is 28.5. The van der Waals surface area contributed by atoms with Gasteiger partial charge in [-0.15, -0.1) is 0 Å². The highest BCUT2D eigenvalue weighted by molar-refractivity contribution is 6.30. The monoisotopic (exact) mass is 270 g/mol. The lowest BCUT2D eigenvalue weighted by Crippen LogP contribution is -2.11. The Hall–Kier alpha value is -0.710. The molecule has 0 amide bonds. The molecule has 1 saturated carbocycles. The van der Waals surface area contributed by atoms with Crippen molar-refractivity contribution in [1.29, 1.82) is 0 Å². The lowest BCUT2D eigenvalue weighted by molar-refractivity contribution is -0.143. The third-order valence-corrected chi connectivity index (χ3v) is 3.86. The quantitative estimate of drug-likeness (QED) is 0.718. The van der Waals surface area contributed by atoms with Gasteiger partial charge in [0, 0.05) is 5.92 Å². The highest BCUT2D eigenvalue weighted by atomic mass is 35.5. The van der Waals surface area contributed by atoms with Crippen LogP contribution >= 0.6 is 11.6 Å². The van der Waals surface area contributed by atoms with Crippen molar-refractivity contribution < 1.29 is 22.7 Å². The molecule has 0 aromatic carbocycles. The zero-order valence-corrected chi connectivity index (χ0v) is 10.7. The third-order valence-electron chi connectivity index (χ3n) is 3.34. The number of carbonyl (C=O) groups excluding carboxylic acids is 1. The van der Waals surface area contributed by atoms with Gasteiger partial charge in [-0.3, -0.25) is 4.79 Å². The number of allylic oxidation sites excluding steroid dienone is 2. The minimum absolute atomic E-state index is 0.000401. The number of ether oxygens (including phenoxy) is 1. The largest absolute Gasteiger partial charge is 0.469 e. The Morgan fingerprint density at radius 1 is 1.29 bits per heavy atom. The molecule has 17 heavy (non-hydrogen) atoms. The lowest BCUT2D eigenvalue weighted by atomic mass is 10.0. The van der Waals surface area contributed by atoms with E-state index in [9.17, 15) is 18.0 Å². The van der Waals surface area contributed by atoms with Gasteiger partial charge in [0.2, 0.25) is 0 Å². The number of carbonyl (C=O) groups is 1. The predicted octanol–water partition coefficient (Wildman–Crippen LogP) is 3.51. The second-order valence-electron chi connectivity index (χ2n) is 4.79. The SMILES string of the molecule is COC(=O)C1C(C(C)=C(Cl)C(F)(F)F)C1(C)C. The summed E-state index contributed by atoms with van der Waals surface area (Å²) in [5.74, 6) is -1.56. The van der Waals surface area contributed by atoms with Gasteiger partial charge in [0.15, 0.2) is 0 Å². The van der Waals surface area contributed by atoms with Crippen LogP contribution in [0.2, 0.25) is 0 Å². The fourth-order valence-corrected chi connectivity index (χ4v) is 2.49. The smallest absolute Gasteiger partial charge is 0.426 e. The van der Waals surface area contributed by atoms with Crippen molar-refractivity contribution in [2.75, 3.05) is 7.11 Å². The molecule has 0 aromatic heterocycles. The number of alkyl halides is 3. The van der Waals surface area contributed by atoms with Crippen LogP contribution in [0.3, 0.4) is 0 Å². The van der Waals surface area contributed by atoms with Crippen LogP contribution < -0.4 is 0 Å². The molecule has 0 aliphatic heterocycles. The van der Waals surface area contributed by atoms with E-state index in [0.29, 0.717) is 0 Å². The number of rotatable bonds is 2. The molecule has 0 N–H and O–H groups in total. The Kier molecular flexibility index (Phi) is 3.54. The first-order chi connectivity index (χ1) is 7.55. The van der Waals surface area contributed by atoms with Crippen LogP contribution in [-0.4, -0.2) is 19.3 Å². The zero-order chi connectivity index (χ0) is 13.6. The van der Waals surface area contributed by atoms with E-state index in [4.69, 9.17) is 11.6 Å². The van der Waals surface area contributed by atoms with Crippen molar-refractivity contribution in [2.45, 2.75) is 26.9 Å². The summed E-state index contributed by atoms with van der Waals surface area (Å²) in [7, 11) is 1.22. The van der Waals surface area contributed by atoms with Gasteiger partial charge in [-0.1, -0.05) is 25.4 Å². The van der Waals surface area contributed by atoms with Gasteiger partial charge >= 0.3 is 12.1 Å². The highest BCUT2D eigenvalue weighted by Gasteiger charge is 2.64. The Bertz CT molecular complexity index is 371. The summed E-state index contributed by atoms with van der Waals surface area (Å²) >= 11 is 5.29. The molecular formula is C11H14ClF3O2. The minimum Gasteiger partial charge on any atom is -0.469 e. The lowest BCUT2D eigenvalue weighted by Gasteiger charge is -2.10. The molecule has 0 aromatic rings. The molecule has 98 valence electrons. The molecule has 6 heteroatoms. The fraction of sp³-hybridized carbons (Fsp3) is 0.727. The topological polar surface area (TPSA) is 26.3 Å². The van der Waals surface area contributed by atoms with E-state index in [1.807, 2.05) is 0 Å². The van der Waals surface area contributed by atoms with Crippen LogP contribution in [0.4, 0.5) is 13.2 Å². The van der Waals surface area contributed by atoms with Crippen LogP contribution in [0.5, 0.6) is 0 Å². The van der Waals surface area contributed by atoms with Crippen molar-refractivity contribution in [3.63, 3.8) is 0 Å². The molecule has 0 radical (unpaired) electrons. The van der Waals surface area contributed by atoms with E-state index in [0.717, 1.165) is 0 Å². The molecular weight excluding hydrogens is 257 g/mol. The first-order valence-electron chi connectivity index (χ1n) is 5.06. The van der Waals surface area contributed by atoms with Gasteiger partial charge in [0.05, 0.1) is 13.0 Å². The standard InChI is InChI=1S/C11H14ClF3O2/c1-5(8(12)11(13,14)15)6-7(9(16)17-4)10(6,2)3/h6-7H,1-4H3. The average molecular weight is 271 g/mol. The Labute approximate surface area is 103 Å². The van der Waals surface area contributed by atoms with Gasteiger partial charge in [-0.25, -0.2) is 0 Å². The van der Waals surface area contributed by atoms with Gasteiger partial charge in [0.25, 0.3) is 0 Å². The van der Waals surface area contributed by atoms with Gasteiger partial charge in [0.1, 0.15) is 5.03 Å². The van der Waals surface area contributed by atoms with Crippen molar-refractivity contribution in [3.05, 3.63) is 10.6 Å². The maximum atomic E-state index is 12.4. The second-order valence-corrected chi connectivity index (χ2v) is 5.17. The van der Waals surface area contributed by atoms with Crippen molar-refractivity contribution in [1.82, 2.24) is 0 Å². The summed E-state index contributed by atoms with van der Waals surface area (Å²) < 4.78 is 41.9. The summed E-state index contributed by atoms with van der Waals surface area (Å²) in [6.07, 6.45) is -4.56. The minimum atomic E-state index is -4.56. The Morgan fingerprint density at radius 2 is 1.76 bits per heavy atom. The van der Waals surface area contributed by atoms with Gasteiger partial charge in [-0.05, 0) is 17.9 Å². The van der Waals surface area contributed by atoms with E-state index in [1.54, 1.807) is 13.8 Å². The Morgan fingerprint density at radius 3 is 2.12 bits per heavy atom. The van der Waals surface area contributed by atoms with E-state index in [-0.39, 0.29) is 5.57 Å². The number of esters is 1. The maximum absolute atomic E-state index is 12.4. The molecule has 2 unspecified atom stereocenters. The molecule has 1 rings (SSSR count). The number of hydrogen-bond acceptors (Lipinski definition) is 2. The molecule has 0 spiro atoms. The first kappa shape index (κ1) is 14.4. The molecule has 2 atom stereocenters. The molecule has 0 bridgehead atoms. The molecule has 1 fully saturated rings. The van der Waals surface area contributed by atoms with Crippen LogP contribution in [0.15, 0.2) is 10.6 Å². The highest BCUT2D eigenvalue weighted by Crippen LogP contribution is 2.63. The van der Waals surface area contributed by atoms with Crippen LogP contribution in [0.1, 0.15) is 20.8 Å². The molecule has 0 heterocycles. The number of methoxy groups -OCH3 is 1. The second kappa shape index (κ2) is 4.19. The summed E-state index contributed by atoms with van der Waals surface area (Å²) in [5, 5.41) is -1.14. The van der Waals surface area contributed by atoms with E-state index in [1.165, 1.54) is 14.0 Å². The van der Waals surface area contributed by atoms with Crippen LogP contribution in [0, 0.1) is 17.3 Å². The fourth-order valence-electron chi connectivity index (χ4n) is 2.37. The molecule has 1 aliphatic rings. The van der Waals surface area contributed by atoms with E-state index < -0.39 is 34.4 Å². The van der Waals surface area contributed by atoms with Crippen molar-refractivity contribution >= 4 is 17.6 Å².